The Labute approximate surface area is 97.8 Å². The molecule has 0 radical (unpaired) electrons. The van der Waals surface area contributed by atoms with Crippen LogP contribution in [0, 0.1) is 5.92 Å². The highest BCUT2D eigenvalue weighted by molar-refractivity contribution is 5.77. The number of aliphatic hydroxyl groups excluding tert-OH is 1. The molecule has 92 valence electrons. The first-order valence-electron chi connectivity index (χ1n) is 6.59. The number of carbonyl (C=O) groups excluding carboxylic acids is 1. The van der Waals surface area contributed by atoms with Crippen LogP contribution < -0.4 is 0 Å². The fraction of sp³-hybridized carbons (Fsp3) is 0.923. The summed E-state index contributed by atoms with van der Waals surface area (Å²) in [6, 6.07) is 0. The van der Waals surface area contributed by atoms with E-state index in [0.29, 0.717) is 12.3 Å². The Hall–Kier alpha value is -0.570. The number of amides is 1. The van der Waals surface area contributed by atoms with Gasteiger partial charge in [0.05, 0.1) is 12.1 Å². The Morgan fingerprint density at radius 1 is 1.44 bits per heavy atom. The van der Waals surface area contributed by atoms with Gasteiger partial charge < -0.3 is 10.0 Å². The lowest BCUT2D eigenvalue weighted by atomic mass is 9.75. The van der Waals surface area contributed by atoms with Crippen LogP contribution in [0.2, 0.25) is 0 Å². The van der Waals surface area contributed by atoms with Crippen molar-refractivity contribution >= 4 is 5.91 Å². The summed E-state index contributed by atoms with van der Waals surface area (Å²) in [6.07, 6.45) is 7.15. The number of rotatable bonds is 2. The maximum absolute atomic E-state index is 12.0. The predicted octanol–water partition coefficient (Wildman–Crippen LogP) is 1.94. The second kappa shape index (κ2) is 4.74. The van der Waals surface area contributed by atoms with Crippen LogP contribution in [-0.4, -0.2) is 34.6 Å². The number of hydrogen-bond donors (Lipinski definition) is 1. The van der Waals surface area contributed by atoms with Crippen LogP contribution in [0.5, 0.6) is 0 Å². The highest BCUT2D eigenvalue weighted by atomic mass is 16.3. The fourth-order valence-electron chi connectivity index (χ4n) is 3.41. The lowest BCUT2D eigenvalue weighted by molar-refractivity contribution is -0.145. The van der Waals surface area contributed by atoms with E-state index in [0.717, 1.165) is 38.6 Å². The second-order valence-corrected chi connectivity index (χ2v) is 5.59. The average molecular weight is 225 g/mol. The highest BCUT2D eigenvalue weighted by Crippen LogP contribution is 2.38. The zero-order chi connectivity index (χ0) is 11.6. The molecular formula is C13H23NO2. The molecule has 3 nitrogen and oxygen atoms in total. The van der Waals surface area contributed by atoms with Crippen LogP contribution in [0.15, 0.2) is 0 Å². The van der Waals surface area contributed by atoms with E-state index in [1.165, 1.54) is 6.42 Å². The Balaban J connectivity index is 2.15. The van der Waals surface area contributed by atoms with Crippen molar-refractivity contribution < 1.29 is 9.90 Å². The van der Waals surface area contributed by atoms with Crippen molar-refractivity contribution in [3.8, 4) is 0 Å². The molecule has 1 amide bonds. The Kier molecular flexibility index (Phi) is 3.53. The Morgan fingerprint density at radius 2 is 2.25 bits per heavy atom. The molecule has 2 fully saturated rings. The van der Waals surface area contributed by atoms with Crippen molar-refractivity contribution in [2.75, 3.05) is 13.2 Å². The third-order valence-corrected chi connectivity index (χ3v) is 4.26. The lowest BCUT2D eigenvalue weighted by Crippen LogP contribution is -2.57. The van der Waals surface area contributed by atoms with Gasteiger partial charge in [-0.2, -0.15) is 0 Å². The molecule has 1 saturated carbocycles. The molecule has 0 aromatic heterocycles. The molecule has 2 atom stereocenters. The van der Waals surface area contributed by atoms with Crippen molar-refractivity contribution in [3.05, 3.63) is 0 Å². The van der Waals surface area contributed by atoms with Gasteiger partial charge >= 0.3 is 0 Å². The van der Waals surface area contributed by atoms with Gasteiger partial charge in [-0.05, 0) is 31.6 Å². The molecule has 0 spiro atoms. The van der Waals surface area contributed by atoms with Gasteiger partial charge in [0.15, 0.2) is 0 Å². The van der Waals surface area contributed by atoms with Crippen LogP contribution >= 0.6 is 0 Å². The van der Waals surface area contributed by atoms with Crippen LogP contribution in [0.3, 0.4) is 0 Å². The van der Waals surface area contributed by atoms with Crippen molar-refractivity contribution in [2.45, 2.75) is 57.4 Å². The van der Waals surface area contributed by atoms with Gasteiger partial charge in [-0.15, -0.1) is 0 Å². The molecule has 1 aliphatic heterocycles. The first kappa shape index (κ1) is 11.9. The summed E-state index contributed by atoms with van der Waals surface area (Å²) < 4.78 is 0. The summed E-state index contributed by atoms with van der Waals surface area (Å²) in [5, 5.41) is 9.74. The Morgan fingerprint density at radius 3 is 2.88 bits per heavy atom. The molecule has 2 rings (SSSR count). The zero-order valence-corrected chi connectivity index (χ0v) is 10.2. The largest absolute Gasteiger partial charge is 0.394 e. The molecule has 0 aromatic rings. The number of carbonyl (C=O) groups is 1. The first-order valence-corrected chi connectivity index (χ1v) is 6.59. The molecular weight excluding hydrogens is 202 g/mol. The standard InChI is InChI=1S/C13H23NO2/c1-11-5-4-7-13(9-11,10-15)14-8-3-2-6-12(14)16/h11,15H,2-10H2,1H3. The summed E-state index contributed by atoms with van der Waals surface area (Å²) in [5.41, 5.74) is -0.227. The van der Waals surface area contributed by atoms with Gasteiger partial charge in [0.25, 0.3) is 0 Å². The maximum Gasteiger partial charge on any atom is 0.223 e. The SMILES string of the molecule is CC1CCCC(CO)(N2CCCCC2=O)C1. The van der Waals surface area contributed by atoms with Crippen LogP contribution in [0.1, 0.15) is 51.9 Å². The van der Waals surface area contributed by atoms with E-state index in [9.17, 15) is 9.90 Å². The minimum absolute atomic E-state index is 0.142. The molecule has 3 heteroatoms. The normalized spacial score (nSPS) is 36.5. The Bertz CT molecular complexity index is 267. The number of nitrogens with zero attached hydrogens (tertiary/aromatic N) is 1. The van der Waals surface area contributed by atoms with E-state index >= 15 is 0 Å². The molecule has 0 aromatic carbocycles. The lowest BCUT2D eigenvalue weighted by Gasteiger charge is -2.48. The minimum atomic E-state index is -0.227. The van der Waals surface area contributed by atoms with Crippen molar-refractivity contribution in [2.24, 2.45) is 5.92 Å². The van der Waals surface area contributed by atoms with E-state index in [4.69, 9.17) is 0 Å². The van der Waals surface area contributed by atoms with Crippen molar-refractivity contribution in [1.29, 1.82) is 0 Å². The van der Waals surface area contributed by atoms with Gasteiger partial charge in [0.2, 0.25) is 5.91 Å². The number of aliphatic hydroxyl groups is 1. The minimum Gasteiger partial charge on any atom is -0.394 e. The van der Waals surface area contributed by atoms with E-state index in [1.54, 1.807) is 0 Å². The fourth-order valence-corrected chi connectivity index (χ4v) is 3.41. The van der Waals surface area contributed by atoms with Crippen LogP contribution in [-0.2, 0) is 4.79 Å². The van der Waals surface area contributed by atoms with Gasteiger partial charge in [-0.25, -0.2) is 0 Å². The summed E-state index contributed by atoms with van der Waals surface area (Å²) in [4.78, 5) is 14.0. The van der Waals surface area contributed by atoms with Crippen LogP contribution in [0.4, 0.5) is 0 Å². The van der Waals surface area contributed by atoms with Crippen LogP contribution in [0.25, 0.3) is 0 Å². The summed E-state index contributed by atoms with van der Waals surface area (Å²) in [5.74, 6) is 0.894. The van der Waals surface area contributed by atoms with Crippen molar-refractivity contribution in [1.82, 2.24) is 4.90 Å². The molecule has 1 saturated heterocycles. The third kappa shape index (κ3) is 2.10. The molecule has 0 bridgehead atoms. The average Bonchev–Trinajstić information content (AvgIpc) is 2.29. The monoisotopic (exact) mass is 225 g/mol. The molecule has 2 aliphatic rings. The van der Waals surface area contributed by atoms with E-state index < -0.39 is 0 Å². The van der Waals surface area contributed by atoms with Gasteiger partial charge in [-0.3, -0.25) is 4.79 Å². The topological polar surface area (TPSA) is 40.5 Å². The number of likely N-dealkylation sites (tertiary alicyclic amines) is 1. The maximum atomic E-state index is 12.0. The molecule has 2 unspecified atom stereocenters. The van der Waals surface area contributed by atoms with Gasteiger partial charge in [0.1, 0.15) is 0 Å². The quantitative estimate of drug-likeness (QED) is 0.780. The second-order valence-electron chi connectivity index (χ2n) is 5.59. The summed E-state index contributed by atoms with van der Waals surface area (Å²) in [7, 11) is 0. The molecule has 16 heavy (non-hydrogen) atoms. The smallest absolute Gasteiger partial charge is 0.223 e. The van der Waals surface area contributed by atoms with Gasteiger partial charge in [0, 0.05) is 13.0 Å². The molecule has 1 N–H and O–H groups in total. The molecule has 1 heterocycles. The van der Waals surface area contributed by atoms with E-state index in [-0.39, 0.29) is 18.1 Å². The number of hydrogen-bond acceptors (Lipinski definition) is 2. The van der Waals surface area contributed by atoms with E-state index in [2.05, 4.69) is 6.92 Å². The van der Waals surface area contributed by atoms with Crippen molar-refractivity contribution in [3.63, 3.8) is 0 Å². The van der Waals surface area contributed by atoms with E-state index in [1.807, 2.05) is 4.90 Å². The first-order chi connectivity index (χ1) is 7.68. The zero-order valence-electron chi connectivity index (χ0n) is 10.2. The summed E-state index contributed by atoms with van der Waals surface area (Å²) >= 11 is 0. The predicted molar refractivity (Wildman–Crippen MR) is 63.0 cm³/mol. The molecule has 1 aliphatic carbocycles. The van der Waals surface area contributed by atoms with Gasteiger partial charge in [-0.1, -0.05) is 19.8 Å². The summed E-state index contributed by atoms with van der Waals surface area (Å²) in [6.45, 7) is 3.23. The number of piperidine rings is 1. The third-order valence-electron chi connectivity index (χ3n) is 4.26. The highest BCUT2D eigenvalue weighted by Gasteiger charge is 2.42.